The molecule has 0 atom stereocenters. The fourth-order valence-electron chi connectivity index (χ4n) is 2.11. The average molecular weight is 399 g/mol. The first-order chi connectivity index (χ1) is 12.3. The zero-order valence-electron chi connectivity index (χ0n) is 14.5. The topological polar surface area (TPSA) is 93.7 Å². The Morgan fingerprint density at radius 3 is 2.46 bits per heavy atom. The second-order valence-electron chi connectivity index (χ2n) is 5.35. The minimum absolute atomic E-state index is 0.0908. The Balaban J connectivity index is 2.07. The van der Waals surface area contributed by atoms with E-state index in [0.717, 1.165) is 5.56 Å². The van der Waals surface area contributed by atoms with Crippen LogP contribution < -0.4 is 19.5 Å². The van der Waals surface area contributed by atoms with Gasteiger partial charge in [-0.05, 0) is 36.8 Å². The van der Waals surface area contributed by atoms with Gasteiger partial charge in [-0.2, -0.15) is 0 Å². The van der Waals surface area contributed by atoms with Crippen molar-refractivity contribution in [3.8, 4) is 11.5 Å². The molecule has 0 radical (unpaired) electrons. The first-order valence-corrected chi connectivity index (χ1v) is 9.40. The summed E-state index contributed by atoms with van der Waals surface area (Å²) in [5, 5.41) is 3.09. The fourth-order valence-corrected chi connectivity index (χ4v) is 3.42. The Morgan fingerprint density at radius 1 is 1.12 bits per heavy atom. The molecular weight excluding hydrogens is 380 g/mol. The molecule has 0 saturated heterocycles. The molecule has 140 valence electrons. The van der Waals surface area contributed by atoms with Crippen molar-refractivity contribution in [3.63, 3.8) is 0 Å². The van der Waals surface area contributed by atoms with Crippen molar-refractivity contribution in [3.05, 3.63) is 47.0 Å². The van der Waals surface area contributed by atoms with Crippen molar-refractivity contribution < 1.29 is 22.7 Å². The Morgan fingerprint density at radius 2 is 1.85 bits per heavy atom. The van der Waals surface area contributed by atoms with E-state index < -0.39 is 22.5 Å². The van der Waals surface area contributed by atoms with Crippen molar-refractivity contribution in [2.45, 2.75) is 11.8 Å². The van der Waals surface area contributed by atoms with Crippen molar-refractivity contribution in [1.29, 1.82) is 0 Å². The van der Waals surface area contributed by atoms with Gasteiger partial charge in [-0.1, -0.05) is 17.7 Å². The van der Waals surface area contributed by atoms with E-state index >= 15 is 0 Å². The number of hydrogen-bond donors (Lipinski definition) is 2. The van der Waals surface area contributed by atoms with Crippen LogP contribution in [0.2, 0.25) is 5.02 Å². The Kier molecular flexibility index (Phi) is 6.47. The molecule has 0 aromatic heterocycles. The predicted molar refractivity (Wildman–Crippen MR) is 99.6 cm³/mol. The highest BCUT2D eigenvalue weighted by Gasteiger charge is 2.21. The van der Waals surface area contributed by atoms with Crippen molar-refractivity contribution in [2.24, 2.45) is 0 Å². The van der Waals surface area contributed by atoms with E-state index in [2.05, 4.69) is 10.0 Å². The Hall–Kier alpha value is -2.29. The number of sulfonamides is 1. The highest BCUT2D eigenvalue weighted by molar-refractivity contribution is 7.89. The predicted octanol–water partition coefficient (Wildman–Crippen LogP) is 2.58. The summed E-state index contributed by atoms with van der Waals surface area (Å²) in [7, 11) is -1.14. The van der Waals surface area contributed by atoms with Crippen LogP contribution in [0.1, 0.15) is 5.56 Å². The number of methoxy groups -OCH3 is 2. The van der Waals surface area contributed by atoms with Crippen LogP contribution in [0, 0.1) is 6.92 Å². The van der Waals surface area contributed by atoms with Gasteiger partial charge in [0.15, 0.2) is 0 Å². The zero-order valence-corrected chi connectivity index (χ0v) is 16.1. The molecule has 2 aromatic carbocycles. The molecule has 7 nitrogen and oxygen atoms in total. The molecule has 26 heavy (non-hydrogen) atoms. The molecule has 0 bridgehead atoms. The number of aryl methyl sites for hydroxylation is 1. The lowest BCUT2D eigenvalue weighted by molar-refractivity contribution is -0.115. The molecule has 1 amide bonds. The van der Waals surface area contributed by atoms with Crippen molar-refractivity contribution in [2.75, 3.05) is 26.1 Å². The molecule has 0 aliphatic carbocycles. The standard InChI is InChI=1S/C17H19ClN2O5S/c1-11-4-5-12(8-14(11)18)20-17(21)10-19-26(22,23)16-7-6-13(24-2)9-15(16)25-3/h4-9,19H,10H2,1-3H3,(H,20,21). The molecular formula is C17H19ClN2O5S. The molecule has 2 aromatic rings. The SMILES string of the molecule is COc1ccc(S(=O)(=O)NCC(=O)Nc2ccc(C)c(Cl)c2)c(OC)c1. The molecule has 0 unspecified atom stereocenters. The largest absolute Gasteiger partial charge is 0.497 e. The quantitative estimate of drug-likeness (QED) is 0.747. The van der Waals surface area contributed by atoms with Gasteiger partial charge in [0, 0.05) is 16.8 Å². The molecule has 0 aliphatic rings. The lowest BCUT2D eigenvalue weighted by atomic mass is 10.2. The summed E-state index contributed by atoms with van der Waals surface area (Å²) >= 11 is 6.00. The van der Waals surface area contributed by atoms with Crippen LogP contribution >= 0.6 is 11.6 Å². The van der Waals surface area contributed by atoms with Gasteiger partial charge in [0.25, 0.3) is 0 Å². The summed E-state index contributed by atoms with van der Waals surface area (Å²) in [5.41, 5.74) is 1.35. The van der Waals surface area contributed by atoms with Gasteiger partial charge in [-0.25, -0.2) is 13.1 Å². The van der Waals surface area contributed by atoms with Crippen LogP contribution in [0.15, 0.2) is 41.3 Å². The highest BCUT2D eigenvalue weighted by atomic mass is 35.5. The number of carbonyl (C=O) groups is 1. The van der Waals surface area contributed by atoms with Crippen molar-refractivity contribution in [1.82, 2.24) is 4.72 Å². The molecule has 2 N–H and O–H groups in total. The molecule has 0 saturated carbocycles. The van der Waals surface area contributed by atoms with Crippen LogP contribution in [0.25, 0.3) is 0 Å². The van der Waals surface area contributed by atoms with Crippen LogP contribution in [-0.2, 0) is 14.8 Å². The fraction of sp³-hybridized carbons (Fsp3) is 0.235. The lowest BCUT2D eigenvalue weighted by Gasteiger charge is -2.12. The van der Waals surface area contributed by atoms with Crippen LogP contribution in [0.4, 0.5) is 5.69 Å². The molecule has 0 aliphatic heterocycles. The van der Waals surface area contributed by atoms with Gasteiger partial charge in [0.05, 0.1) is 20.8 Å². The molecule has 2 rings (SSSR count). The second-order valence-corrected chi connectivity index (χ2v) is 7.50. The van der Waals surface area contributed by atoms with E-state index in [4.69, 9.17) is 21.1 Å². The van der Waals surface area contributed by atoms with Crippen molar-refractivity contribution >= 4 is 33.2 Å². The molecule has 0 fully saturated rings. The smallest absolute Gasteiger partial charge is 0.244 e. The minimum Gasteiger partial charge on any atom is -0.497 e. The summed E-state index contributed by atoms with van der Waals surface area (Å²) in [6, 6.07) is 9.31. The van der Waals surface area contributed by atoms with E-state index in [1.807, 2.05) is 6.92 Å². The van der Waals surface area contributed by atoms with E-state index in [0.29, 0.717) is 16.5 Å². The average Bonchev–Trinajstić information content (AvgIpc) is 2.62. The molecule has 0 heterocycles. The molecule has 9 heteroatoms. The number of carbonyl (C=O) groups excluding carboxylic acids is 1. The number of rotatable bonds is 7. The summed E-state index contributed by atoms with van der Waals surface area (Å²) in [4.78, 5) is 11.9. The van der Waals surface area contributed by atoms with Gasteiger partial charge in [0.1, 0.15) is 16.4 Å². The van der Waals surface area contributed by atoms with Gasteiger partial charge >= 0.3 is 0 Å². The van der Waals surface area contributed by atoms with Gasteiger partial charge in [-0.3, -0.25) is 4.79 Å². The third kappa shape index (κ3) is 4.87. The summed E-state index contributed by atoms with van der Waals surface area (Å²) in [6.45, 7) is 1.40. The normalized spacial score (nSPS) is 11.1. The Bertz CT molecular complexity index is 915. The highest BCUT2D eigenvalue weighted by Crippen LogP contribution is 2.28. The zero-order chi connectivity index (χ0) is 19.3. The van der Waals surface area contributed by atoms with Gasteiger partial charge < -0.3 is 14.8 Å². The van der Waals surface area contributed by atoms with E-state index in [1.54, 1.807) is 18.2 Å². The summed E-state index contributed by atoms with van der Waals surface area (Å²) in [6.07, 6.45) is 0. The van der Waals surface area contributed by atoms with Gasteiger partial charge in [-0.15, -0.1) is 0 Å². The maximum Gasteiger partial charge on any atom is 0.244 e. The van der Waals surface area contributed by atoms with Crippen LogP contribution in [-0.4, -0.2) is 35.1 Å². The van der Waals surface area contributed by atoms with Crippen LogP contribution in [0.5, 0.6) is 11.5 Å². The first kappa shape index (κ1) is 20.0. The second kappa shape index (κ2) is 8.39. The number of hydrogen-bond acceptors (Lipinski definition) is 5. The van der Waals surface area contributed by atoms with E-state index in [-0.39, 0.29) is 10.6 Å². The number of anilines is 1. The summed E-state index contributed by atoms with van der Waals surface area (Å²) in [5.74, 6) is 0.0401. The third-order valence-electron chi connectivity index (χ3n) is 3.54. The third-order valence-corrected chi connectivity index (χ3v) is 5.39. The number of amides is 1. The van der Waals surface area contributed by atoms with E-state index in [9.17, 15) is 13.2 Å². The monoisotopic (exact) mass is 398 g/mol. The number of halogens is 1. The molecule has 0 spiro atoms. The summed E-state index contributed by atoms with van der Waals surface area (Å²) < 4.78 is 37.2. The number of ether oxygens (including phenoxy) is 2. The minimum atomic E-state index is -3.95. The maximum absolute atomic E-state index is 12.4. The first-order valence-electron chi connectivity index (χ1n) is 7.54. The lowest BCUT2D eigenvalue weighted by Crippen LogP contribution is -2.33. The maximum atomic E-state index is 12.4. The van der Waals surface area contributed by atoms with Crippen LogP contribution in [0.3, 0.4) is 0 Å². The number of benzene rings is 2. The number of nitrogens with one attached hydrogen (secondary N) is 2. The Labute approximate surface area is 157 Å². The van der Waals surface area contributed by atoms with Gasteiger partial charge in [0.2, 0.25) is 15.9 Å². The van der Waals surface area contributed by atoms with E-state index in [1.165, 1.54) is 32.4 Å².